The van der Waals surface area contributed by atoms with Crippen molar-refractivity contribution in [2.75, 3.05) is 32.1 Å². The minimum atomic E-state index is -0.335. The second-order valence-electron chi connectivity index (χ2n) is 5.40. The number of aliphatic imine (C=N–C) groups is 1. The maximum Gasteiger partial charge on any atom is 0.409 e. The molecule has 1 heterocycles. The SMILES string of the molecule is C=N/C(=N\OCC1CN(C(=O)OC)C1)c1ccc(C)c(NC=O)c1. The van der Waals surface area contributed by atoms with Crippen molar-refractivity contribution in [3.05, 3.63) is 29.3 Å². The van der Waals surface area contributed by atoms with Gasteiger partial charge in [0.25, 0.3) is 0 Å². The van der Waals surface area contributed by atoms with Crippen LogP contribution in [0, 0.1) is 12.8 Å². The predicted molar refractivity (Wildman–Crippen MR) is 90.4 cm³/mol. The molecule has 24 heavy (non-hydrogen) atoms. The number of aryl methyl sites for hydroxylation is 1. The number of oxime groups is 1. The van der Waals surface area contributed by atoms with Crippen molar-refractivity contribution in [1.82, 2.24) is 4.90 Å². The fourth-order valence-electron chi connectivity index (χ4n) is 2.31. The van der Waals surface area contributed by atoms with E-state index in [1.165, 1.54) is 7.11 Å². The molecule has 1 aliphatic rings. The smallest absolute Gasteiger partial charge is 0.409 e. The number of anilines is 1. The van der Waals surface area contributed by atoms with E-state index in [4.69, 9.17) is 4.84 Å². The van der Waals surface area contributed by atoms with E-state index in [1.54, 1.807) is 11.0 Å². The number of benzene rings is 1. The Morgan fingerprint density at radius 2 is 2.25 bits per heavy atom. The van der Waals surface area contributed by atoms with Crippen LogP contribution in [0.2, 0.25) is 0 Å². The van der Waals surface area contributed by atoms with Crippen molar-refractivity contribution < 1.29 is 19.2 Å². The Bertz CT molecular complexity index is 653. The summed E-state index contributed by atoms with van der Waals surface area (Å²) < 4.78 is 4.63. The number of rotatable bonds is 6. The molecule has 0 aromatic heterocycles. The third-order valence-electron chi connectivity index (χ3n) is 3.71. The molecule has 8 nitrogen and oxygen atoms in total. The predicted octanol–water partition coefficient (Wildman–Crippen LogP) is 1.64. The molecule has 1 saturated heterocycles. The summed E-state index contributed by atoms with van der Waals surface area (Å²) in [5.41, 5.74) is 2.28. The van der Waals surface area contributed by atoms with Crippen molar-refractivity contribution in [3.63, 3.8) is 0 Å². The molecule has 2 amide bonds. The normalized spacial score (nSPS) is 14.6. The van der Waals surface area contributed by atoms with Gasteiger partial charge in [-0.2, -0.15) is 0 Å². The lowest BCUT2D eigenvalue weighted by Gasteiger charge is -2.36. The van der Waals surface area contributed by atoms with E-state index in [2.05, 4.69) is 26.9 Å². The second-order valence-corrected chi connectivity index (χ2v) is 5.40. The van der Waals surface area contributed by atoms with Crippen molar-refractivity contribution in [3.8, 4) is 0 Å². The van der Waals surface area contributed by atoms with E-state index >= 15 is 0 Å². The van der Waals surface area contributed by atoms with Gasteiger partial charge in [-0.05, 0) is 25.3 Å². The Morgan fingerprint density at radius 1 is 1.50 bits per heavy atom. The summed E-state index contributed by atoms with van der Waals surface area (Å²) in [6, 6.07) is 5.43. The Hall–Kier alpha value is -2.90. The van der Waals surface area contributed by atoms with Gasteiger partial charge in [-0.25, -0.2) is 9.79 Å². The van der Waals surface area contributed by atoms with Crippen molar-refractivity contribution in [1.29, 1.82) is 0 Å². The average Bonchev–Trinajstić information content (AvgIpc) is 2.55. The molecular weight excluding hydrogens is 312 g/mol. The van der Waals surface area contributed by atoms with Gasteiger partial charge in [0.1, 0.15) is 6.61 Å². The third-order valence-corrected chi connectivity index (χ3v) is 3.71. The first kappa shape index (κ1) is 17.5. The summed E-state index contributed by atoms with van der Waals surface area (Å²) in [5.74, 6) is 0.539. The van der Waals surface area contributed by atoms with Crippen LogP contribution in [-0.2, 0) is 14.4 Å². The molecule has 0 atom stereocenters. The summed E-state index contributed by atoms with van der Waals surface area (Å²) in [5, 5.41) is 6.61. The molecule has 0 aliphatic carbocycles. The van der Waals surface area contributed by atoms with E-state index in [-0.39, 0.29) is 12.0 Å². The first-order valence-corrected chi connectivity index (χ1v) is 7.39. The van der Waals surface area contributed by atoms with Gasteiger partial charge in [0.2, 0.25) is 6.41 Å². The number of amidine groups is 1. The van der Waals surface area contributed by atoms with Crippen LogP contribution in [-0.4, -0.2) is 56.8 Å². The molecule has 0 saturated carbocycles. The monoisotopic (exact) mass is 332 g/mol. The summed E-state index contributed by atoms with van der Waals surface area (Å²) in [6.45, 7) is 6.91. The zero-order valence-corrected chi connectivity index (χ0v) is 13.7. The minimum absolute atomic E-state index is 0.212. The Labute approximate surface area is 140 Å². The van der Waals surface area contributed by atoms with Crippen LogP contribution in [0.1, 0.15) is 11.1 Å². The number of nitrogens with zero attached hydrogens (tertiary/aromatic N) is 3. The van der Waals surface area contributed by atoms with E-state index < -0.39 is 0 Å². The lowest BCUT2D eigenvalue weighted by molar-refractivity contribution is -0.105. The number of methoxy groups -OCH3 is 1. The van der Waals surface area contributed by atoms with E-state index in [1.807, 2.05) is 19.1 Å². The molecular formula is C16H20N4O4. The number of hydrogen-bond donors (Lipinski definition) is 1. The fourth-order valence-corrected chi connectivity index (χ4v) is 2.31. The number of likely N-dealkylation sites (tertiary alicyclic amines) is 1. The zero-order chi connectivity index (χ0) is 17.5. The number of carbonyl (C=O) groups is 2. The fraction of sp³-hybridized carbons (Fsp3) is 0.375. The zero-order valence-electron chi connectivity index (χ0n) is 13.7. The molecule has 128 valence electrons. The van der Waals surface area contributed by atoms with Crippen LogP contribution in [0.15, 0.2) is 28.3 Å². The van der Waals surface area contributed by atoms with Gasteiger partial charge in [-0.1, -0.05) is 17.3 Å². The van der Waals surface area contributed by atoms with Crippen molar-refractivity contribution in [2.24, 2.45) is 16.1 Å². The summed E-state index contributed by atoms with van der Waals surface area (Å²) in [4.78, 5) is 32.6. The van der Waals surface area contributed by atoms with Crippen LogP contribution in [0.5, 0.6) is 0 Å². The highest BCUT2D eigenvalue weighted by Gasteiger charge is 2.31. The lowest BCUT2D eigenvalue weighted by Crippen LogP contribution is -2.51. The van der Waals surface area contributed by atoms with Crippen LogP contribution >= 0.6 is 0 Å². The van der Waals surface area contributed by atoms with Crippen LogP contribution in [0.3, 0.4) is 0 Å². The molecule has 1 aromatic rings. The number of amides is 2. The van der Waals surface area contributed by atoms with Crippen molar-refractivity contribution in [2.45, 2.75) is 6.92 Å². The first-order valence-electron chi connectivity index (χ1n) is 7.39. The molecule has 1 aromatic carbocycles. The molecule has 8 heteroatoms. The number of carbonyl (C=O) groups excluding carboxylic acids is 2. The Morgan fingerprint density at radius 3 is 2.88 bits per heavy atom. The first-order chi connectivity index (χ1) is 11.6. The quantitative estimate of drug-likeness (QED) is 0.371. The van der Waals surface area contributed by atoms with Crippen LogP contribution in [0.25, 0.3) is 0 Å². The summed E-state index contributed by atoms with van der Waals surface area (Å²) in [7, 11) is 1.35. The van der Waals surface area contributed by atoms with Crippen molar-refractivity contribution >= 4 is 30.7 Å². The highest BCUT2D eigenvalue weighted by molar-refractivity contribution is 6.02. The highest BCUT2D eigenvalue weighted by atomic mass is 16.6. The maximum absolute atomic E-state index is 11.2. The van der Waals surface area contributed by atoms with Gasteiger partial charge in [0, 0.05) is 30.3 Å². The molecule has 0 bridgehead atoms. The average molecular weight is 332 g/mol. The number of hydrogen-bond acceptors (Lipinski definition) is 5. The molecule has 2 rings (SSSR count). The molecule has 1 N–H and O–H groups in total. The number of nitrogens with one attached hydrogen (secondary N) is 1. The van der Waals surface area contributed by atoms with E-state index in [0.29, 0.717) is 43.2 Å². The summed E-state index contributed by atoms with van der Waals surface area (Å²) in [6.07, 6.45) is 0.280. The van der Waals surface area contributed by atoms with Crippen LogP contribution in [0.4, 0.5) is 10.5 Å². The highest BCUT2D eigenvalue weighted by Crippen LogP contribution is 2.19. The Balaban J connectivity index is 1.93. The second kappa shape index (κ2) is 8.09. The van der Waals surface area contributed by atoms with Gasteiger partial charge in [-0.3, -0.25) is 4.79 Å². The van der Waals surface area contributed by atoms with Gasteiger partial charge < -0.3 is 19.8 Å². The van der Waals surface area contributed by atoms with Gasteiger partial charge in [-0.15, -0.1) is 0 Å². The lowest BCUT2D eigenvalue weighted by atomic mass is 10.0. The maximum atomic E-state index is 11.2. The standard InChI is InChI=1S/C16H20N4O4/c1-11-4-5-13(6-14(11)18-10-21)15(17-2)19-24-9-12-7-20(8-12)16(22)23-3/h4-6,10,12H,2,7-9H2,1,3H3,(H,18,21)/b19-15-. The van der Waals surface area contributed by atoms with Gasteiger partial charge in [0.15, 0.2) is 5.84 Å². The molecule has 0 unspecified atom stereocenters. The van der Waals surface area contributed by atoms with E-state index in [0.717, 1.165) is 5.56 Å². The van der Waals surface area contributed by atoms with Gasteiger partial charge in [0.05, 0.1) is 7.11 Å². The van der Waals surface area contributed by atoms with Gasteiger partial charge >= 0.3 is 6.09 Å². The Kier molecular flexibility index (Phi) is 5.89. The molecule has 0 radical (unpaired) electrons. The largest absolute Gasteiger partial charge is 0.453 e. The van der Waals surface area contributed by atoms with E-state index in [9.17, 15) is 9.59 Å². The van der Waals surface area contributed by atoms with Crippen LogP contribution < -0.4 is 5.32 Å². The molecule has 1 aliphatic heterocycles. The minimum Gasteiger partial charge on any atom is -0.453 e. The molecule has 0 spiro atoms. The number of ether oxygens (including phenoxy) is 1. The third kappa shape index (κ3) is 4.09. The summed E-state index contributed by atoms with van der Waals surface area (Å²) >= 11 is 0. The topological polar surface area (TPSA) is 92.6 Å². The molecule has 1 fully saturated rings.